The third-order valence-electron chi connectivity index (χ3n) is 5.21. The number of nitrogens with zero attached hydrogens (tertiary/aromatic N) is 1. The van der Waals surface area contributed by atoms with Gasteiger partial charge < -0.3 is 13.9 Å². The van der Waals surface area contributed by atoms with Crippen LogP contribution in [0.25, 0.3) is 11.0 Å². The summed E-state index contributed by atoms with van der Waals surface area (Å²) in [5.74, 6) is -0.744. The van der Waals surface area contributed by atoms with Crippen molar-refractivity contribution in [3.8, 4) is 5.75 Å². The molecule has 0 spiro atoms. The maximum atomic E-state index is 13.0. The van der Waals surface area contributed by atoms with E-state index in [0.717, 1.165) is 9.69 Å². The van der Waals surface area contributed by atoms with E-state index in [0.29, 0.717) is 17.0 Å². The van der Waals surface area contributed by atoms with Crippen molar-refractivity contribution in [1.82, 2.24) is 0 Å². The molecule has 0 unspecified atom stereocenters. The summed E-state index contributed by atoms with van der Waals surface area (Å²) in [5, 5.41) is 0.770. The molecule has 174 valence electrons. The molecular formula is C25H21NO7S. The number of methoxy groups -OCH3 is 1. The Morgan fingerprint density at radius 1 is 0.941 bits per heavy atom. The van der Waals surface area contributed by atoms with Crippen molar-refractivity contribution >= 4 is 38.4 Å². The van der Waals surface area contributed by atoms with Gasteiger partial charge in [0.2, 0.25) is 5.78 Å². The van der Waals surface area contributed by atoms with Crippen LogP contribution in [0.1, 0.15) is 20.9 Å². The number of carbonyl (C=O) groups is 2. The van der Waals surface area contributed by atoms with Crippen molar-refractivity contribution in [3.05, 3.63) is 90.2 Å². The number of carbonyl (C=O) groups excluding carboxylic acids is 2. The first kappa shape index (κ1) is 23.1. The average molecular weight is 480 g/mol. The second kappa shape index (κ2) is 9.40. The SMILES string of the molecule is COc1ccccc1N(C)S(=O)(=O)c1ccc(C(=O)OCC(=O)c2cc3ccccc3o2)cc1. The third kappa shape index (κ3) is 4.51. The maximum Gasteiger partial charge on any atom is 0.338 e. The van der Waals surface area contributed by atoms with Crippen LogP contribution >= 0.6 is 0 Å². The lowest BCUT2D eigenvalue weighted by Gasteiger charge is -2.21. The minimum Gasteiger partial charge on any atom is -0.495 e. The number of sulfonamides is 1. The van der Waals surface area contributed by atoms with Gasteiger partial charge in [0.15, 0.2) is 12.4 Å². The largest absolute Gasteiger partial charge is 0.495 e. The predicted octanol–water partition coefficient (Wildman–Crippen LogP) is 4.31. The number of rotatable bonds is 8. The number of hydrogen-bond acceptors (Lipinski definition) is 7. The van der Waals surface area contributed by atoms with Crippen LogP contribution < -0.4 is 9.04 Å². The van der Waals surface area contributed by atoms with Crippen molar-refractivity contribution in [2.24, 2.45) is 0 Å². The van der Waals surface area contributed by atoms with E-state index in [1.54, 1.807) is 42.5 Å². The quantitative estimate of drug-likeness (QED) is 0.274. The molecule has 3 aromatic carbocycles. The highest BCUT2D eigenvalue weighted by molar-refractivity contribution is 7.92. The number of ether oxygens (including phenoxy) is 2. The Kier molecular flexibility index (Phi) is 6.38. The molecule has 1 heterocycles. The van der Waals surface area contributed by atoms with E-state index in [2.05, 4.69) is 0 Å². The molecule has 0 aliphatic carbocycles. The molecule has 0 saturated heterocycles. The average Bonchev–Trinajstić information content (AvgIpc) is 3.31. The zero-order valence-corrected chi connectivity index (χ0v) is 19.2. The van der Waals surface area contributed by atoms with Gasteiger partial charge in [-0.3, -0.25) is 9.10 Å². The summed E-state index contributed by atoms with van der Waals surface area (Å²) in [6.07, 6.45) is 0. The summed E-state index contributed by atoms with van der Waals surface area (Å²) in [4.78, 5) is 24.7. The molecular weight excluding hydrogens is 458 g/mol. The molecule has 0 saturated carbocycles. The van der Waals surface area contributed by atoms with E-state index in [9.17, 15) is 18.0 Å². The van der Waals surface area contributed by atoms with Crippen LogP contribution in [0, 0.1) is 0 Å². The van der Waals surface area contributed by atoms with Crippen LogP contribution in [0.4, 0.5) is 5.69 Å². The number of anilines is 1. The van der Waals surface area contributed by atoms with Crippen molar-refractivity contribution in [2.45, 2.75) is 4.90 Å². The van der Waals surface area contributed by atoms with E-state index >= 15 is 0 Å². The second-order valence-corrected chi connectivity index (χ2v) is 9.29. The molecule has 0 aliphatic heterocycles. The molecule has 0 atom stereocenters. The molecule has 0 radical (unpaired) electrons. The Hall–Kier alpha value is -4.11. The van der Waals surface area contributed by atoms with E-state index in [1.807, 2.05) is 12.1 Å². The maximum absolute atomic E-state index is 13.0. The van der Waals surface area contributed by atoms with Crippen molar-refractivity contribution < 1.29 is 31.9 Å². The lowest BCUT2D eigenvalue weighted by molar-refractivity contribution is 0.0468. The van der Waals surface area contributed by atoms with Gasteiger partial charge in [-0.2, -0.15) is 0 Å². The number of Topliss-reactive ketones (excluding diaryl/α,β-unsaturated/α-hetero) is 1. The highest BCUT2D eigenvalue weighted by atomic mass is 32.2. The Labute approximate surface area is 196 Å². The fourth-order valence-electron chi connectivity index (χ4n) is 3.35. The third-order valence-corrected chi connectivity index (χ3v) is 6.99. The van der Waals surface area contributed by atoms with Gasteiger partial charge >= 0.3 is 5.97 Å². The fraction of sp³-hybridized carbons (Fsp3) is 0.120. The molecule has 0 fully saturated rings. The first-order chi connectivity index (χ1) is 16.3. The smallest absolute Gasteiger partial charge is 0.338 e. The summed E-state index contributed by atoms with van der Waals surface area (Å²) in [5.41, 5.74) is 1.04. The molecule has 4 aromatic rings. The normalized spacial score (nSPS) is 11.2. The lowest BCUT2D eigenvalue weighted by Crippen LogP contribution is -2.27. The Morgan fingerprint density at radius 2 is 1.62 bits per heavy atom. The number of hydrogen-bond donors (Lipinski definition) is 0. The molecule has 0 bridgehead atoms. The first-order valence-electron chi connectivity index (χ1n) is 10.2. The van der Waals surface area contributed by atoms with Gasteiger partial charge in [0.05, 0.1) is 23.3 Å². The zero-order chi connectivity index (χ0) is 24.3. The number of benzene rings is 3. The van der Waals surface area contributed by atoms with Crippen molar-refractivity contribution in [1.29, 1.82) is 0 Å². The number of para-hydroxylation sites is 3. The molecule has 1 aromatic heterocycles. The molecule has 0 amide bonds. The summed E-state index contributed by atoms with van der Waals surface area (Å²) in [6, 6.07) is 20.7. The Morgan fingerprint density at radius 3 is 2.32 bits per heavy atom. The minimum atomic E-state index is -3.91. The van der Waals surface area contributed by atoms with Gasteiger partial charge in [0.25, 0.3) is 10.0 Å². The van der Waals surface area contributed by atoms with E-state index in [1.165, 1.54) is 38.4 Å². The van der Waals surface area contributed by atoms with Crippen LogP contribution in [0.15, 0.2) is 88.2 Å². The molecule has 4 rings (SSSR count). The van der Waals surface area contributed by atoms with Crippen LogP contribution in [0.3, 0.4) is 0 Å². The monoisotopic (exact) mass is 479 g/mol. The first-order valence-corrected chi connectivity index (χ1v) is 11.7. The second-order valence-electron chi connectivity index (χ2n) is 7.32. The molecule has 8 nitrogen and oxygen atoms in total. The Balaban J connectivity index is 1.44. The predicted molar refractivity (Wildman–Crippen MR) is 126 cm³/mol. The number of ketones is 1. The van der Waals surface area contributed by atoms with Crippen LogP contribution in [0.2, 0.25) is 0 Å². The summed E-state index contributed by atoms with van der Waals surface area (Å²) in [7, 11) is -1.03. The van der Waals surface area contributed by atoms with Gasteiger partial charge in [0.1, 0.15) is 11.3 Å². The number of fused-ring (bicyclic) bond motifs is 1. The topological polar surface area (TPSA) is 103 Å². The lowest BCUT2D eigenvalue weighted by atomic mass is 10.2. The van der Waals surface area contributed by atoms with Gasteiger partial charge in [0, 0.05) is 12.4 Å². The molecule has 0 aliphatic rings. The highest BCUT2D eigenvalue weighted by Crippen LogP contribution is 2.31. The molecule has 34 heavy (non-hydrogen) atoms. The summed E-state index contributed by atoms with van der Waals surface area (Å²) >= 11 is 0. The van der Waals surface area contributed by atoms with Crippen LogP contribution in [-0.4, -0.2) is 40.9 Å². The van der Waals surface area contributed by atoms with Crippen molar-refractivity contribution in [2.75, 3.05) is 25.1 Å². The van der Waals surface area contributed by atoms with Gasteiger partial charge in [-0.05, 0) is 48.5 Å². The molecule has 0 N–H and O–H groups in total. The van der Waals surface area contributed by atoms with Gasteiger partial charge in [-0.1, -0.05) is 30.3 Å². The number of esters is 1. The van der Waals surface area contributed by atoms with Gasteiger partial charge in [-0.25, -0.2) is 13.2 Å². The van der Waals surface area contributed by atoms with E-state index in [4.69, 9.17) is 13.9 Å². The van der Waals surface area contributed by atoms with E-state index in [-0.39, 0.29) is 16.2 Å². The Bertz CT molecular complexity index is 1420. The molecule has 9 heteroatoms. The van der Waals surface area contributed by atoms with Crippen LogP contribution in [-0.2, 0) is 14.8 Å². The summed E-state index contributed by atoms with van der Waals surface area (Å²) in [6.45, 7) is -0.505. The minimum absolute atomic E-state index is 0.0178. The summed E-state index contributed by atoms with van der Waals surface area (Å²) < 4.78 is 43.0. The van der Waals surface area contributed by atoms with Crippen molar-refractivity contribution in [3.63, 3.8) is 0 Å². The highest BCUT2D eigenvalue weighted by Gasteiger charge is 2.24. The standard InChI is InChI=1S/C25H21NO7S/c1-26(20-8-4-6-10-23(20)31-2)34(29,30)19-13-11-17(12-14-19)25(28)32-16-21(27)24-15-18-7-3-5-9-22(18)33-24/h3-15H,16H2,1-2H3. The van der Waals surface area contributed by atoms with Crippen LogP contribution in [0.5, 0.6) is 5.75 Å². The zero-order valence-electron chi connectivity index (χ0n) is 18.4. The van der Waals surface area contributed by atoms with Gasteiger partial charge in [-0.15, -0.1) is 0 Å². The fourth-order valence-corrected chi connectivity index (χ4v) is 4.55. The van der Waals surface area contributed by atoms with E-state index < -0.39 is 28.4 Å². The number of furan rings is 1.